The Morgan fingerprint density at radius 3 is 2.04 bits per heavy atom. The van der Waals surface area contributed by atoms with Crippen LogP contribution in [0.4, 0.5) is 5.69 Å². The molecule has 2 nitrogen and oxygen atoms in total. The van der Waals surface area contributed by atoms with Crippen LogP contribution in [0, 0.1) is 0 Å². The molecule has 0 saturated carbocycles. The molecule has 0 amide bonds. The van der Waals surface area contributed by atoms with Crippen LogP contribution >= 0.6 is 0 Å². The van der Waals surface area contributed by atoms with Gasteiger partial charge in [0.05, 0.1) is 0 Å². The van der Waals surface area contributed by atoms with E-state index >= 15 is 0 Å². The number of ether oxygens (including phenoxy) is 1. The van der Waals surface area contributed by atoms with Gasteiger partial charge in [-0.2, -0.15) is 0 Å². The van der Waals surface area contributed by atoms with E-state index in [0.29, 0.717) is 15.0 Å². The maximum atomic E-state index is 6.39. The molecule has 0 saturated heterocycles. The van der Waals surface area contributed by atoms with E-state index in [1.54, 1.807) is 0 Å². The van der Waals surface area contributed by atoms with E-state index < -0.39 is 0 Å². The summed E-state index contributed by atoms with van der Waals surface area (Å²) in [5.74, 6) is 0.973. The molecule has 0 bridgehead atoms. The number of hydrogen-bond acceptors (Lipinski definition) is 1. The molecule has 0 N–H and O–H groups in total. The molecular formula is C22H20BrNOSe. The Morgan fingerprint density at radius 2 is 1.38 bits per heavy atom. The molecule has 132 valence electrons. The van der Waals surface area contributed by atoms with E-state index in [1.807, 2.05) is 6.07 Å². The van der Waals surface area contributed by atoms with Gasteiger partial charge in [0.2, 0.25) is 0 Å². The van der Waals surface area contributed by atoms with Gasteiger partial charge in [-0.1, -0.05) is 0 Å². The van der Waals surface area contributed by atoms with Gasteiger partial charge >= 0.3 is 155 Å². The summed E-state index contributed by atoms with van der Waals surface area (Å²) in [5, 5.41) is 1.08. The van der Waals surface area contributed by atoms with Crippen molar-refractivity contribution < 1.29 is 26.3 Å². The van der Waals surface area contributed by atoms with Crippen LogP contribution in [0.25, 0.3) is 0 Å². The maximum absolute atomic E-state index is 6.39. The number of para-hydroxylation sites is 1. The van der Waals surface area contributed by atoms with Crippen molar-refractivity contribution in [3.63, 3.8) is 0 Å². The Hall–Kier alpha value is -1.87. The second-order valence-electron chi connectivity index (χ2n) is 5.98. The third kappa shape index (κ3) is 4.45. The molecule has 1 heterocycles. The van der Waals surface area contributed by atoms with E-state index in [-0.39, 0.29) is 23.1 Å². The van der Waals surface area contributed by atoms with Gasteiger partial charge < -0.3 is 17.0 Å². The number of rotatable bonds is 5. The molecule has 0 aromatic heterocycles. The summed E-state index contributed by atoms with van der Waals surface area (Å²) in [5.41, 5.74) is 2.33. The van der Waals surface area contributed by atoms with Crippen molar-refractivity contribution >= 4 is 31.0 Å². The van der Waals surface area contributed by atoms with E-state index in [1.165, 1.54) is 10.1 Å². The quantitative estimate of drug-likeness (QED) is 0.392. The molecule has 1 unspecified atom stereocenters. The molecule has 0 aliphatic carbocycles. The predicted molar refractivity (Wildman–Crippen MR) is 103 cm³/mol. The van der Waals surface area contributed by atoms with Crippen LogP contribution < -0.4 is 21.4 Å². The van der Waals surface area contributed by atoms with Gasteiger partial charge in [0, 0.05) is 0 Å². The number of halogens is 1. The van der Waals surface area contributed by atoms with Crippen LogP contribution in [0.15, 0.2) is 91.0 Å². The molecule has 3 aromatic carbocycles. The predicted octanol–water partition coefficient (Wildman–Crippen LogP) is 0.628. The molecule has 0 radical (unpaired) electrons. The third-order valence-electron chi connectivity index (χ3n) is 4.18. The summed E-state index contributed by atoms with van der Waals surface area (Å²) in [6.07, 6.45) is 0.232. The summed E-state index contributed by atoms with van der Waals surface area (Å²) < 4.78 is 10.1. The van der Waals surface area contributed by atoms with Crippen LogP contribution in [0.5, 0.6) is 0 Å². The number of hydrogen-bond donors (Lipinski definition) is 0. The zero-order valence-electron chi connectivity index (χ0n) is 14.3. The SMILES string of the molecule is [Br-].c1ccc([Se]CC2C[N+](c3ccccc3)=C(c3ccccc3)O2)cc1. The monoisotopic (exact) mass is 473 g/mol. The fraction of sp³-hybridized carbons (Fsp3) is 0.136. The first-order valence-corrected chi connectivity index (χ1v) is 10.6. The molecule has 4 heteroatoms. The topological polar surface area (TPSA) is 12.2 Å². The minimum atomic E-state index is 0. The molecule has 4 rings (SSSR count). The average Bonchev–Trinajstić information content (AvgIpc) is 3.13. The summed E-state index contributed by atoms with van der Waals surface area (Å²) >= 11 is 0.431. The fourth-order valence-corrected chi connectivity index (χ4v) is 4.86. The van der Waals surface area contributed by atoms with E-state index in [0.717, 1.165) is 23.3 Å². The van der Waals surface area contributed by atoms with E-state index in [4.69, 9.17) is 4.74 Å². The summed E-state index contributed by atoms with van der Waals surface area (Å²) in [6, 6.07) is 31.7. The molecule has 26 heavy (non-hydrogen) atoms. The number of nitrogens with zero attached hydrogens (tertiary/aromatic N) is 1. The molecule has 1 atom stereocenters. The van der Waals surface area contributed by atoms with Crippen LogP contribution in [-0.4, -0.2) is 38.1 Å². The molecule has 3 aromatic rings. The standard InChI is InChI=1S/C22H20NOSe.BrH/c1-4-10-18(11-5-1)22-23(19-12-6-2-7-13-19)16-20(24-22)17-25-21-14-8-3-9-15-21;/h1-15,20H,16-17H2;1H/q+1;/p-1. The van der Waals surface area contributed by atoms with Crippen LogP contribution in [0.3, 0.4) is 0 Å². The average molecular weight is 473 g/mol. The van der Waals surface area contributed by atoms with Gasteiger partial charge in [-0.15, -0.1) is 0 Å². The first-order valence-electron chi connectivity index (χ1n) is 8.49. The van der Waals surface area contributed by atoms with Gasteiger partial charge in [-0.3, -0.25) is 0 Å². The Morgan fingerprint density at radius 1 is 0.808 bits per heavy atom. The summed E-state index contributed by atoms with van der Waals surface area (Å²) in [4.78, 5) is 0. The van der Waals surface area contributed by atoms with Crippen molar-refractivity contribution in [1.82, 2.24) is 0 Å². The van der Waals surface area contributed by atoms with Crippen molar-refractivity contribution in [2.45, 2.75) is 11.4 Å². The first-order chi connectivity index (χ1) is 12.4. The first kappa shape index (κ1) is 18.9. The van der Waals surface area contributed by atoms with E-state index in [9.17, 15) is 0 Å². The Kier molecular flexibility index (Phi) is 6.67. The van der Waals surface area contributed by atoms with Crippen molar-refractivity contribution in [1.29, 1.82) is 0 Å². The van der Waals surface area contributed by atoms with Gasteiger partial charge in [0.15, 0.2) is 0 Å². The molecule has 1 aliphatic heterocycles. The zero-order chi connectivity index (χ0) is 16.9. The Labute approximate surface area is 171 Å². The second-order valence-corrected chi connectivity index (χ2v) is 8.28. The van der Waals surface area contributed by atoms with Crippen molar-refractivity contribution in [2.24, 2.45) is 0 Å². The van der Waals surface area contributed by atoms with Crippen molar-refractivity contribution in [3.8, 4) is 0 Å². The van der Waals surface area contributed by atoms with Gasteiger partial charge in [-0.25, -0.2) is 0 Å². The molecule has 1 aliphatic rings. The molecular weight excluding hydrogens is 453 g/mol. The van der Waals surface area contributed by atoms with Crippen molar-refractivity contribution in [3.05, 3.63) is 96.6 Å². The van der Waals surface area contributed by atoms with Crippen LogP contribution in [0.2, 0.25) is 5.32 Å². The third-order valence-corrected chi connectivity index (χ3v) is 6.58. The van der Waals surface area contributed by atoms with Gasteiger partial charge in [0.25, 0.3) is 0 Å². The van der Waals surface area contributed by atoms with E-state index in [2.05, 4.69) is 89.5 Å². The molecule has 0 fully saturated rings. The summed E-state index contributed by atoms with van der Waals surface area (Å²) in [6.45, 7) is 0.906. The van der Waals surface area contributed by atoms with Crippen LogP contribution in [0.1, 0.15) is 5.56 Å². The zero-order valence-corrected chi connectivity index (χ0v) is 17.6. The fourth-order valence-electron chi connectivity index (χ4n) is 2.97. The van der Waals surface area contributed by atoms with Gasteiger partial charge in [-0.05, 0) is 0 Å². The normalized spacial score (nSPS) is 16.1. The second kappa shape index (κ2) is 9.18. The Bertz CT molecular complexity index is 802. The Balaban J connectivity index is 0.00000196. The van der Waals surface area contributed by atoms with Crippen LogP contribution in [-0.2, 0) is 4.74 Å². The molecule has 0 spiro atoms. The van der Waals surface area contributed by atoms with Crippen molar-refractivity contribution in [2.75, 3.05) is 6.54 Å². The van der Waals surface area contributed by atoms with Gasteiger partial charge in [0.1, 0.15) is 0 Å². The summed E-state index contributed by atoms with van der Waals surface area (Å²) in [7, 11) is 0. The number of benzene rings is 3. The minimum absolute atomic E-state index is 0.